The number of methoxy groups -OCH3 is 1. The van der Waals surface area contributed by atoms with Gasteiger partial charge in [-0.1, -0.05) is 30.3 Å². The van der Waals surface area contributed by atoms with Crippen molar-refractivity contribution < 1.29 is 4.74 Å². The highest BCUT2D eigenvalue weighted by atomic mass is 16.5. The zero-order chi connectivity index (χ0) is 20.0. The summed E-state index contributed by atoms with van der Waals surface area (Å²) in [6.45, 7) is 2.90. The highest BCUT2D eigenvalue weighted by Gasteiger charge is 2.27. The van der Waals surface area contributed by atoms with E-state index in [1.807, 2.05) is 24.5 Å². The molecule has 2 aromatic carbocycles. The minimum atomic E-state index is 0.614. The van der Waals surface area contributed by atoms with E-state index in [1.54, 1.807) is 7.11 Å². The zero-order valence-electron chi connectivity index (χ0n) is 16.8. The van der Waals surface area contributed by atoms with E-state index >= 15 is 0 Å². The highest BCUT2D eigenvalue weighted by molar-refractivity contribution is 6.04. The lowest BCUT2D eigenvalue weighted by atomic mass is 9.98. The smallest absolute Gasteiger partial charge is 0.213 e. The van der Waals surface area contributed by atoms with E-state index in [0.29, 0.717) is 5.88 Å². The lowest BCUT2D eigenvalue weighted by Gasteiger charge is -2.20. The molecule has 0 atom stereocenters. The number of hydrogen-bond acceptors (Lipinski definition) is 5. The minimum absolute atomic E-state index is 0.614. The first-order chi connectivity index (χ1) is 14.2. The van der Waals surface area contributed by atoms with Crippen molar-refractivity contribution in [2.24, 2.45) is 0 Å². The molecule has 0 N–H and O–H groups in total. The van der Waals surface area contributed by atoms with E-state index in [1.165, 1.54) is 22.4 Å². The fourth-order valence-electron chi connectivity index (χ4n) is 4.02. The maximum absolute atomic E-state index is 5.22. The number of fused-ring (bicyclic) bond motifs is 3. The number of nitrogens with zero attached hydrogens (tertiary/aromatic N) is 4. The molecule has 2 aromatic heterocycles. The Bertz CT molecular complexity index is 1200. The third-order valence-electron chi connectivity index (χ3n) is 5.55. The zero-order valence-corrected chi connectivity index (χ0v) is 16.8. The fraction of sp³-hybridized carbons (Fsp3) is 0.167. The molecule has 0 bridgehead atoms. The van der Waals surface area contributed by atoms with E-state index in [-0.39, 0.29) is 0 Å². The summed E-state index contributed by atoms with van der Waals surface area (Å²) < 4.78 is 5.22. The van der Waals surface area contributed by atoms with Gasteiger partial charge in [0.2, 0.25) is 5.88 Å². The van der Waals surface area contributed by atoms with Crippen LogP contribution in [-0.4, -0.2) is 30.8 Å². The Balaban J connectivity index is 1.70. The molecule has 0 saturated carbocycles. The van der Waals surface area contributed by atoms with E-state index in [9.17, 15) is 0 Å². The summed E-state index contributed by atoms with van der Waals surface area (Å²) in [7, 11) is 3.72. The topological polar surface area (TPSA) is 41.5 Å². The molecule has 1 aliphatic heterocycles. The predicted molar refractivity (Wildman–Crippen MR) is 118 cm³/mol. The lowest BCUT2D eigenvalue weighted by molar-refractivity contribution is 0.398. The van der Waals surface area contributed by atoms with Crippen molar-refractivity contribution in [2.75, 3.05) is 30.6 Å². The summed E-state index contributed by atoms with van der Waals surface area (Å²) in [5, 5.41) is 1.14. The van der Waals surface area contributed by atoms with Crippen LogP contribution in [0, 0.1) is 6.92 Å². The standard InChI is InChI=1S/C24H22N4O/c1-16-6-4-5-7-19(16)17-8-10-21-20(12-17)24-22(14-25-21)27(2)15-28(24)18-9-11-23(29-3)26-13-18/h4-14H,15H2,1-3H3. The number of aromatic nitrogens is 2. The van der Waals surface area contributed by atoms with Gasteiger partial charge >= 0.3 is 0 Å². The molecular weight excluding hydrogens is 360 g/mol. The van der Waals surface area contributed by atoms with Gasteiger partial charge in [0.15, 0.2) is 0 Å². The van der Waals surface area contributed by atoms with Gasteiger partial charge < -0.3 is 14.5 Å². The molecule has 0 spiro atoms. The van der Waals surface area contributed by atoms with Crippen molar-refractivity contribution in [3.05, 3.63) is 72.6 Å². The number of pyridine rings is 2. The molecule has 0 aliphatic carbocycles. The van der Waals surface area contributed by atoms with Crippen molar-refractivity contribution in [2.45, 2.75) is 6.92 Å². The Kier molecular flexibility index (Phi) is 4.09. The quantitative estimate of drug-likeness (QED) is 0.490. The Morgan fingerprint density at radius 3 is 2.59 bits per heavy atom. The Morgan fingerprint density at radius 2 is 1.83 bits per heavy atom. The number of aryl methyl sites for hydroxylation is 1. The van der Waals surface area contributed by atoms with Crippen LogP contribution in [0.3, 0.4) is 0 Å². The van der Waals surface area contributed by atoms with Gasteiger partial charge in [0.25, 0.3) is 0 Å². The van der Waals surface area contributed by atoms with Gasteiger partial charge in [-0.15, -0.1) is 0 Å². The highest BCUT2D eigenvalue weighted by Crippen LogP contribution is 2.44. The summed E-state index contributed by atoms with van der Waals surface area (Å²) in [4.78, 5) is 13.6. The van der Waals surface area contributed by atoms with Crippen molar-refractivity contribution in [3.63, 3.8) is 0 Å². The second-order valence-electron chi connectivity index (χ2n) is 7.37. The number of anilines is 3. The van der Waals surface area contributed by atoms with Gasteiger partial charge in [-0.3, -0.25) is 4.98 Å². The lowest BCUT2D eigenvalue weighted by Crippen LogP contribution is -2.24. The van der Waals surface area contributed by atoms with E-state index in [4.69, 9.17) is 9.72 Å². The molecule has 5 nitrogen and oxygen atoms in total. The molecule has 5 rings (SSSR count). The summed E-state index contributed by atoms with van der Waals surface area (Å²) in [5.74, 6) is 0.614. The Morgan fingerprint density at radius 1 is 0.966 bits per heavy atom. The fourth-order valence-corrected chi connectivity index (χ4v) is 4.02. The first-order valence-electron chi connectivity index (χ1n) is 9.63. The van der Waals surface area contributed by atoms with Gasteiger partial charge in [-0.2, -0.15) is 0 Å². The maximum atomic E-state index is 5.22. The molecule has 0 unspecified atom stereocenters. The van der Waals surface area contributed by atoms with Crippen LogP contribution in [0.4, 0.5) is 17.1 Å². The van der Waals surface area contributed by atoms with Gasteiger partial charge in [-0.25, -0.2) is 4.98 Å². The second-order valence-corrected chi connectivity index (χ2v) is 7.37. The van der Waals surface area contributed by atoms with Gasteiger partial charge in [0.05, 0.1) is 48.8 Å². The minimum Gasteiger partial charge on any atom is -0.481 e. The number of rotatable bonds is 3. The maximum Gasteiger partial charge on any atom is 0.213 e. The summed E-state index contributed by atoms with van der Waals surface area (Å²) in [6.07, 6.45) is 3.82. The molecule has 3 heterocycles. The summed E-state index contributed by atoms with van der Waals surface area (Å²) in [6, 6.07) is 19.0. The summed E-state index contributed by atoms with van der Waals surface area (Å²) >= 11 is 0. The molecule has 4 aromatic rings. The van der Waals surface area contributed by atoms with Crippen LogP contribution in [0.15, 0.2) is 67.0 Å². The average molecular weight is 382 g/mol. The van der Waals surface area contributed by atoms with Crippen LogP contribution in [0.25, 0.3) is 22.0 Å². The third-order valence-corrected chi connectivity index (χ3v) is 5.55. The van der Waals surface area contributed by atoms with Crippen molar-refractivity contribution in [1.82, 2.24) is 9.97 Å². The first kappa shape index (κ1) is 17.5. The largest absolute Gasteiger partial charge is 0.481 e. The SMILES string of the molecule is COc1ccc(N2CN(C)c3cnc4ccc(-c5ccccc5C)cc4c32)cn1. The molecule has 5 heteroatoms. The Labute approximate surface area is 170 Å². The van der Waals surface area contributed by atoms with E-state index in [0.717, 1.165) is 28.9 Å². The number of ether oxygens (including phenoxy) is 1. The average Bonchev–Trinajstić information content (AvgIpc) is 3.11. The van der Waals surface area contributed by atoms with Crippen LogP contribution >= 0.6 is 0 Å². The van der Waals surface area contributed by atoms with Gasteiger partial charge in [0, 0.05) is 18.5 Å². The molecule has 0 saturated heterocycles. The first-order valence-corrected chi connectivity index (χ1v) is 9.63. The van der Waals surface area contributed by atoms with E-state index in [2.05, 4.69) is 71.2 Å². The van der Waals surface area contributed by atoms with Crippen LogP contribution in [0.2, 0.25) is 0 Å². The molecular formula is C24H22N4O. The van der Waals surface area contributed by atoms with E-state index < -0.39 is 0 Å². The summed E-state index contributed by atoms with van der Waals surface area (Å²) in [5.41, 5.74) is 8.02. The normalized spacial score (nSPS) is 13.1. The Hall–Kier alpha value is -3.60. The van der Waals surface area contributed by atoms with Crippen LogP contribution in [-0.2, 0) is 0 Å². The third kappa shape index (κ3) is 2.86. The number of hydrogen-bond donors (Lipinski definition) is 0. The van der Waals surface area contributed by atoms with Crippen molar-refractivity contribution in [3.8, 4) is 17.0 Å². The van der Waals surface area contributed by atoms with Crippen LogP contribution in [0.5, 0.6) is 5.88 Å². The van der Waals surface area contributed by atoms with Gasteiger partial charge in [-0.05, 0) is 41.8 Å². The monoisotopic (exact) mass is 382 g/mol. The van der Waals surface area contributed by atoms with Crippen LogP contribution < -0.4 is 14.5 Å². The van der Waals surface area contributed by atoms with Crippen molar-refractivity contribution in [1.29, 1.82) is 0 Å². The molecule has 1 aliphatic rings. The molecule has 0 radical (unpaired) electrons. The second kappa shape index (κ2) is 6.78. The predicted octanol–water partition coefficient (Wildman–Crippen LogP) is 5.16. The van der Waals surface area contributed by atoms with Crippen molar-refractivity contribution >= 4 is 28.0 Å². The van der Waals surface area contributed by atoms with Crippen LogP contribution in [0.1, 0.15) is 5.56 Å². The molecule has 144 valence electrons. The number of benzene rings is 2. The van der Waals surface area contributed by atoms with Gasteiger partial charge in [0.1, 0.15) is 0 Å². The molecule has 29 heavy (non-hydrogen) atoms. The molecule has 0 fully saturated rings. The molecule has 0 amide bonds.